The van der Waals surface area contributed by atoms with E-state index in [9.17, 15) is 0 Å². The summed E-state index contributed by atoms with van der Waals surface area (Å²) in [6, 6.07) is 8.66. The quantitative estimate of drug-likeness (QED) is 0.610. The van der Waals surface area contributed by atoms with Crippen LogP contribution >= 0.6 is 0 Å². The molecule has 0 amide bonds. The lowest BCUT2D eigenvalue weighted by Crippen LogP contribution is -2.20. The number of fused-ring (bicyclic) bond motifs is 1. The zero-order chi connectivity index (χ0) is 12.4. The number of rotatable bonds is 4. The fourth-order valence-electron chi connectivity index (χ4n) is 2.74. The van der Waals surface area contributed by atoms with Crippen LogP contribution in [0.5, 0.6) is 0 Å². The van der Waals surface area contributed by atoms with Crippen molar-refractivity contribution in [3.05, 3.63) is 41.0 Å². The second-order valence-electron chi connectivity index (χ2n) is 5.18. The molecule has 1 aromatic rings. The van der Waals surface area contributed by atoms with Gasteiger partial charge in [-0.3, -0.25) is 0 Å². The summed E-state index contributed by atoms with van der Waals surface area (Å²) in [5.74, 6) is 0. The number of nitrogens with one attached hydrogen (secondary N) is 1. The summed E-state index contributed by atoms with van der Waals surface area (Å²) in [5, 5.41) is 8.24. The van der Waals surface area contributed by atoms with Gasteiger partial charge in [-0.15, -0.1) is 0 Å². The second kappa shape index (κ2) is 5.01. The molecule has 0 spiro atoms. The minimum atomic E-state index is -0.808. The molecule has 0 saturated heterocycles. The van der Waals surface area contributed by atoms with Crippen molar-refractivity contribution in [1.29, 1.82) is 5.41 Å². The first kappa shape index (κ1) is 12.3. The summed E-state index contributed by atoms with van der Waals surface area (Å²) in [7, 11) is -0.808. The lowest BCUT2D eigenvalue weighted by Gasteiger charge is -2.20. The third kappa shape index (κ3) is 2.27. The van der Waals surface area contributed by atoms with E-state index < -0.39 is 8.80 Å². The van der Waals surface area contributed by atoms with E-state index in [0.29, 0.717) is 5.54 Å². The zero-order valence-electron chi connectivity index (χ0n) is 11.0. The molecular formula is C15H21NSi. The molecule has 1 atom stereocenters. The van der Waals surface area contributed by atoms with Gasteiger partial charge in [0, 0.05) is 20.0 Å². The van der Waals surface area contributed by atoms with Gasteiger partial charge >= 0.3 is 0 Å². The molecule has 1 aliphatic carbocycles. The predicted octanol–water partition coefficient (Wildman–Crippen LogP) is 4.01. The maximum Gasteiger partial charge on any atom is 0.0444 e. The number of benzene rings is 1. The summed E-state index contributed by atoms with van der Waals surface area (Å²) < 4.78 is 0. The van der Waals surface area contributed by atoms with Crippen LogP contribution in [0.2, 0.25) is 13.1 Å². The van der Waals surface area contributed by atoms with Crippen molar-refractivity contribution in [3.63, 3.8) is 0 Å². The highest BCUT2D eigenvalue weighted by atomic mass is 28.3. The largest absolute Gasteiger partial charge is 0.305 e. The van der Waals surface area contributed by atoms with Crippen molar-refractivity contribution in [3.8, 4) is 0 Å². The summed E-state index contributed by atoms with van der Waals surface area (Å²) >= 11 is 0. The van der Waals surface area contributed by atoms with Crippen LogP contribution in [-0.2, 0) is 0 Å². The smallest absolute Gasteiger partial charge is 0.0444 e. The van der Waals surface area contributed by atoms with E-state index in [0.717, 1.165) is 18.6 Å². The van der Waals surface area contributed by atoms with Crippen molar-refractivity contribution in [2.75, 3.05) is 0 Å². The molecule has 0 fully saturated rings. The first-order valence-electron chi connectivity index (χ1n) is 6.53. The van der Waals surface area contributed by atoms with Crippen LogP contribution in [0, 0.1) is 5.41 Å². The average Bonchev–Trinajstić information content (AvgIpc) is 2.68. The molecule has 17 heavy (non-hydrogen) atoms. The molecule has 0 bridgehead atoms. The molecule has 1 aromatic carbocycles. The molecule has 1 nitrogen and oxygen atoms in total. The Bertz CT molecular complexity index is 460. The van der Waals surface area contributed by atoms with Crippen LogP contribution in [0.3, 0.4) is 0 Å². The molecule has 1 N–H and O–H groups in total. The maximum atomic E-state index is 8.24. The van der Waals surface area contributed by atoms with Gasteiger partial charge in [-0.05, 0) is 29.2 Å². The average molecular weight is 243 g/mol. The Morgan fingerprint density at radius 3 is 2.65 bits per heavy atom. The fraction of sp³-hybridized carbons (Fsp3) is 0.400. The molecule has 0 saturated carbocycles. The molecule has 90 valence electrons. The third-order valence-corrected chi connectivity index (χ3v) is 5.54. The van der Waals surface area contributed by atoms with E-state index in [4.69, 9.17) is 5.41 Å². The topological polar surface area (TPSA) is 23.9 Å². The molecule has 1 aliphatic rings. The summed E-state index contributed by atoms with van der Waals surface area (Å²) in [6.07, 6.45) is 4.24. The van der Waals surface area contributed by atoms with Crippen LogP contribution in [0.4, 0.5) is 0 Å². The van der Waals surface area contributed by atoms with E-state index in [1.165, 1.54) is 16.7 Å². The minimum absolute atomic E-state index is 0.560. The molecular weight excluding hydrogens is 222 g/mol. The Morgan fingerprint density at radius 1 is 1.29 bits per heavy atom. The molecule has 0 heterocycles. The fourth-order valence-corrected chi connectivity index (χ4v) is 4.78. The number of hydrogen-bond acceptors (Lipinski definition) is 1. The van der Waals surface area contributed by atoms with Gasteiger partial charge in [0.05, 0.1) is 0 Å². The summed E-state index contributed by atoms with van der Waals surface area (Å²) in [4.78, 5) is 0. The van der Waals surface area contributed by atoms with Crippen LogP contribution in [0.15, 0.2) is 29.8 Å². The SMILES string of the molecule is CCCC(=N)C1=Cc2ccccc2C1[SiH](C)C. The van der Waals surface area contributed by atoms with Gasteiger partial charge in [-0.1, -0.05) is 50.7 Å². The van der Waals surface area contributed by atoms with Crippen LogP contribution in [-0.4, -0.2) is 14.5 Å². The molecule has 2 heteroatoms. The van der Waals surface area contributed by atoms with Gasteiger partial charge < -0.3 is 5.41 Å². The zero-order valence-corrected chi connectivity index (χ0v) is 12.1. The van der Waals surface area contributed by atoms with Crippen molar-refractivity contribution < 1.29 is 0 Å². The number of allylic oxidation sites excluding steroid dienone is 1. The van der Waals surface area contributed by atoms with Gasteiger partial charge in [0.25, 0.3) is 0 Å². The Kier molecular flexibility index (Phi) is 3.62. The molecule has 1 unspecified atom stereocenters. The Balaban J connectivity index is 2.38. The van der Waals surface area contributed by atoms with E-state index in [2.05, 4.69) is 50.4 Å². The van der Waals surface area contributed by atoms with Crippen LogP contribution in [0.25, 0.3) is 6.08 Å². The van der Waals surface area contributed by atoms with Crippen LogP contribution < -0.4 is 0 Å². The standard InChI is InChI=1S/C15H21NSi/c1-4-7-14(16)13-10-11-8-5-6-9-12(11)15(13)17(2)3/h5-6,8-10,15-17H,4,7H2,1-3H3. The van der Waals surface area contributed by atoms with E-state index in [-0.39, 0.29) is 0 Å². The Hall–Kier alpha value is -1.15. The minimum Gasteiger partial charge on any atom is -0.305 e. The van der Waals surface area contributed by atoms with Crippen molar-refractivity contribution in [2.45, 2.75) is 38.4 Å². The van der Waals surface area contributed by atoms with E-state index in [1.807, 2.05) is 0 Å². The van der Waals surface area contributed by atoms with Crippen molar-refractivity contribution in [2.24, 2.45) is 0 Å². The Labute approximate surface area is 106 Å². The molecule has 0 aromatic heterocycles. The first-order valence-corrected chi connectivity index (χ1v) is 9.51. The molecule has 0 radical (unpaired) electrons. The number of hydrogen-bond donors (Lipinski definition) is 1. The van der Waals surface area contributed by atoms with Gasteiger partial charge in [-0.25, -0.2) is 0 Å². The van der Waals surface area contributed by atoms with Crippen molar-refractivity contribution in [1.82, 2.24) is 0 Å². The van der Waals surface area contributed by atoms with Gasteiger partial charge in [0.2, 0.25) is 0 Å². The lowest BCUT2D eigenvalue weighted by atomic mass is 10.0. The monoisotopic (exact) mass is 243 g/mol. The Morgan fingerprint density at radius 2 is 2.00 bits per heavy atom. The highest BCUT2D eigenvalue weighted by Crippen LogP contribution is 2.38. The van der Waals surface area contributed by atoms with Crippen molar-refractivity contribution >= 4 is 20.6 Å². The molecule has 0 aliphatic heterocycles. The molecule has 2 rings (SSSR count). The predicted molar refractivity (Wildman–Crippen MR) is 78.7 cm³/mol. The highest BCUT2D eigenvalue weighted by molar-refractivity contribution is 6.59. The summed E-state index contributed by atoms with van der Waals surface area (Å²) in [5.41, 5.74) is 5.52. The summed E-state index contributed by atoms with van der Waals surface area (Å²) in [6.45, 7) is 6.93. The normalized spacial score (nSPS) is 18.1. The second-order valence-corrected chi connectivity index (χ2v) is 8.33. The third-order valence-electron chi connectivity index (χ3n) is 3.49. The highest BCUT2D eigenvalue weighted by Gasteiger charge is 2.29. The van der Waals surface area contributed by atoms with E-state index in [1.54, 1.807) is 0 Å². The first-order chi connectivity index (χ1) is 8.15. The van der Waals surface area contributed by atoms with E-state index >= 15 is 0 Å². The van der Waals surface area contributed by atoms with Crippen LogP contribution in [0.1, 0.15) is 36.4 Å². The lowest BCUT2D eigenvalue weighted by molar-refractivity contribution is 0.974. The van der Waals surface area contributed by atoms with Gasteiger partial charge in [0.1, 0.15) is 0 Å². The van der Waals surface area contributed by atoms with Gasteiger partial charge in [-0.2, -0.15) is 0 Å². The van der Waals surface area contributed by atoms with Gasteiger partial charge in [0.15, 0.2) is 0 Å². The maximum absolute atomic E-state index is 8.24.